The van der Waals surface area contributed by atoms with Gasteiger partial charge in [-0.1, -0.05) is 0 Å². The normalized spacial score (nSPS) is 18.8. The van der Waals surface area contributed by atoms with Crippen LogP contribution in [-0.2, 0) is 9.53 Å². The first-order valence-corrected chi connectivity index (χ1v) is 11.5. The van der Waals surface area contributed by atoms with Gasteiger partial charge in [-0.2, -0.15) is 0 Å². The van der Waals surface area contributed by atoms with Gasteiger partial charge in [-0.05, 0) is 72.0 Å². The highest BCUT2D eigenvalue weighted by Crippen LogP contribution is 2.46. The maximum absolute atomic E-state index is 15.3. The maximum Gasteiger partial charge on any atom is 0.342 e. The van der Waals surface area contributed by atoms with Crippen molar-refractivity contribution in [1.29, 1.82) is 0 Å². The van der Waals surface area contributed by atoms with Crippen LogP contribution in [0.25, 0.3) is 0 Å². The van der Waals surface area contributed by atoms with Crippen LogP contribution in [0.4, 0.5) is 31.5 Å². The summed E-state index contributed by atoms with van der Waals surface area (Å²) in [5, 5.41) is 17.5. The summed E-state index contributed by atoms with van der Waals surface area (Å²) in [5.41, 5.74) is 3.60. The summed E-state index contributed by atoms with van der Waals surface area (Å²) >= 11 is 2.13. The van der Waals surface area contributed by atoms with Crippen molar-refractivity contribution in [3.8, 4) is 0 Å². The van der Waals surface area contributed by atoms with Crippen LogP contribution in [-0.4, -0.2) is 35.9 Å². The molecule has 1 aliphatic heterocycles. The summed E-state index contributed by atoms with van der Waals surface area (Å²) in [6.07, 6.45) is 1.61. The van der Waals surface area contributed by atoms with Crippen LogP contribution in [0.15, 0.2) is 18.2 Å². The molecule has 4 rings (SSSR count). The number of nitrogens with two attached hydrogens (primary N) is 1. The number of primary amides is 1. The van der Waals surface area contributed by atoms with E-state index in [1.54, 1.807) is 19.1 Å². The Morgan fingerprint density at radius 1 is 1.27 bits per heavy atom. The Balaban J connectivity index is 1.85. The minimum atomic E-state index is -1.80. The van der Waals surface area contributed by atoms with E-state index in [0.29, 0.717) is 5.69 Å². The van der Waals surface area contributed by atoms with Crippen molar-refractivity contribution in [3.63, 3.8) is 0 Å². The molecule has 1 saturated carbocycles. The van der Waals surface area contributed by atoms with E-state index >= 15 is 8.78 Å². The lowest BCUT2D eigenvalue weighted by Gasteiger charge is -2.26. The molecule has 1 unspecified atom stereocenters. The molecule has 0 bridgehead atoms. The zero-order chi connectivity index (χ0) is 23.9. The number of halogens is 3. The van der Waals surface area contributed by atoms with Gasteiger partial charge in [0.2, 0.25) is 0 Å². The zero-order valence-electron chi connectivity index (χ0n) is 17.7. The Morgan fingerprint density at radius 2 is 1.97 bits per heavy atom. The highest BCUT2D eigenvalue weighted by atomic mass is 127. The predicted octanol–water partition coefficient (Wildman–Crippen LogP) is 3.59. The molecule has 11 heteroatoms. The lowest BCUT2D eigenvalue weighted by molar-refractivity contribution is -0.121. The van der Waals surface area contributed by atoms with Gasteiger partial charge < -0.3 is 31.5 Å². The van der Waals surface area contributed by atoms with Crippen molar-refractivity contribution in [1.82, 2.24) is 0 Å². The lowest BCUT2D eigenvalue weighted by atomic mass is 10.1. The summed E-state index contributed by atoms with van der Waals surface area (Å²) in [7, 11) is 0. The Labute approximate surface area is 202 Å². The van der Waals surface area contributed by atoms with E-state index in [4.69, 9.17) is 10.5 Å². The van der Waals surface area contributed by atoms with Crippen LogP contribution >= 0.6 is 22.6 Å². The SMILES string of the molecule is Cc1cc(I)ccc1Nc1c(F)c(F)c2c(c1C(=O)OCC1CC1)NC(CCO)(C(N)=O)N2. The molecule has 6 N–H and O–H groups in total. The van der Waals surface area contributed by atoms with Crippen molar-refractivity contribution in [2.75, 3.05) is 29.2 Å². The molecule has 2 aromatic carbocycles. The number of nitrogens with one attached hydrogen (secondary N) is 3. The molecule has 176 valence electrons. The number of benzene rings is 2. The fourth-order valence-corrected chi connectivity index (χ4v) is 4.35. The molecule has 1 aliphatic carbocycles. The standard InChI is InChI=1S/C22H23F2IN4O4/c1-10-8-12(25)4-5-13(10)27-17-14(20(31)33-9-11-2-3-11)18-19(16(24)15(17)23)29-22(28-18,6-7-30)21(26)32/h4-5,8,11,27-30H,2-3,6-7,9H2,1H3,(H2,26,32). The van der Waals surface area contributed by atoms with Gasteiger partial charge in [0.25, 0.3) is 5.91 Å². The van der Waals surface area contributed by atoms with Gasteiger partial charge >= 0.3 is 5.97 Å². The summed E-state index contributed by atoms with van der Waals surface area (Å²) < 4.78 is 36.8. The Bertz CT molecular complexity index is 1140. The zero-order valence-corrected chi connectivity index (χ0v) is 19.9. The number of amides is 1. The third-order valence-electron chi connectivity index (χ3n) is 5.77. The van der Waals surface area contributed by atoms with Crippen molar-refractivity contribution in [2.24, 2.45) is 11.7 Å². The second kappa shape index (κ2) is 8.93. The molecule has 1 fully saturated rings. The molecule has 0 spiro atoms. The summed E-state index contributed by atoms with van der Waals surface area (Å²) in [6, 6.07) is 5.31. The number of anilines is 4. The van der Waals surface area contributed by atoms with Gasteiger partial charge in [-0.3, -0.25) is 4.79 Å². The minimum Gasteiger partial charge on any atom is -0.462 e. The highest BCUT2D eigenvalue weighted by molar-refractivity contribution is 14.1. The number of aliphatic hydroxyl groups is 1. The van der Waals surface area contributed by atoms with E-state index in [1.165, 1.54) is 0 Å². The fourth-order valence-electron chi connectivity index (χ4n) is 3.70. The average molecular weight is 572 g/mol. The number of ether oxygens (including phenoxy) is 1. The van der Waals surface area contributed by atoms with E-state index in [0.717, 1.165) is 22.0 Å². The first kappa shape index (κ1) is 23.5. The molecule has 8 nitrogen and oxygen atoms in total. The lowest BCUT2D eigenvalue weighted by Crippen LogP contribution is -2.54. The molecular weight excluding hydrogens is 549 g/mol. The number of aliphatic hydroxyl groups excluding tert-OH is 1. The average Bonchev–Trinajstić information content (AvgIpc) is 3.51. The van der Waals surface area contributed by atoms with Crippen molar-refractivity contribution in [3.05, 3.63) is 44.5 Å². The Hall–Kier alpha value is -2.67. The number of rotatable bonds is 8. The van der Waals surface area contributed by atoms with Crippen molar-refractivity contribution >= 4 is 57.2 Å². The third kappa shape index (κ3) is 4.43. The summed E-state index contributed by atoms with van der Waals surface area (Å²) in [6.45, 7) is 1.46. The topological polar surface area (TPSA) is 126 Å². The molecule has 33 heavy (non-hydrogen) atoms. The number of esters is 1. The smallest absolute Gasteiger partial charge is 0.342 e. The molecule has 2 aromatic rings. The quantitative estimate of drug-likeness (QED) is 0.242. The van der Waals surface area contributed by atoms with Crippen molar-refractivity contribution in [2.45, 2.75) is 31.8 Å². The van der Waals surface area contributed by atoms with E-state index in [1.807, 2.05) is 6.07 Å². The molecule has 1 amide bonds. The second-order valence-electron chi connectivity index (χ2n) is 8.25. The van der Waals surface area contributed by atoms with E-state index < -0.39 is 47.2 Å². The third-order valence-corrected chi connectivity index (χ3v) is 6.44. The first-order chi connectivity index (χ1) is 15.7. The van der Waals surface area contributed by atoms with Crippen LogP contribution in [0.2, 0.25) is 0 Å². The monoisotopic (exact) mass is 572 g/mol. The largest absolute Gasteiger partial charge is 0.462 e. The minimum absolute atomic E-state index is 0.152. The van der Waals surface area contributed by atoms with Crippen LogP contribution in [0.1, 0.15) is 35.2 Å². The Kier molecular flexibility index (Phi) is 6.36. The van der Waals surface area contributed by atoms with Gasteiger partial charge in [0.15, 0.2) is 17.3 Å². The molecule has 1 heterocycles. The van der Waals surface area contributed by atoms with Crippen LogP contribution in [0.3, 0.4) is 0 Å². The number of hydrogen-bond acceptors (Lipinski definition) is 7. The maximum atomic E-state index is 15.3. The number of hydrogen-bond donors (Lipinski definition) is 5. The van der Waals surface area contributed by atoms with Gasteiger partial charge in [-0.15, -0.1) is 0 Å². The van der Waals surface area contributed by atoms with Crippen LogP contribution in [0, 0.1) is 28.0 Å². The van der Waals surface area contributed by atoms with Gasteiger partial charge in [0.05, 0.1) is 18.0 Å². The molecule has 0 aromatic heterocycles. The highest BCUT2D eigenvalue weighted by Gasteiger charge is 2.46. The molecule has 1 atom stereocenters. The van der Waals surface area contributed by atoms with Gasteiger partial charge in [-0.25, -0.2) is 13.6 Å². The van der Waals surface area contributed by atoms with E-state index in [-0.39, 0.29) is 30.2 Å². The number of carbonyl (C=O) groups excluding carboxylic acids is 2. The molecule has 0 radical (unpaired) electrons. The Morgan fingerprint density at radius 3 is 2.58 bits per heavy atom. The number of fused-ring (bicyclic) bond motifs is 1. The van der Waals surface area contributed by atoms with Gasteiger partial charge in [0.1, 0.15) is 11.3 Å². The second-order valence-corrected chi connectivity index (χ2v) is 9.49. The molecular formula is C22H23F2IN4O4. The summed E-state index contributed by atoms with van der Waals surface area (Å²) in [5.74, 6) is -4.20. The van der Waals surface area contributed by atoms with Crippen LogP contribution in [0.5, 0.6) is 0 Å². The van der Waals surface area contributed by atoms with Gasteiger partial charge in [0, 0.05) is 22.3 Å². The number of aryl methyl sites for hydroxylation is 1. The number of carbonyl (C=O) groups is 2. The molecule has 0 saturated heterocycles. The van der Waals surface area contributed by atoms with E-state index in [2.05, 4.69) is 38.5 Å². The van der Waals surface area contributed by atoms with E-state index in [9.17, 15) is 14.7 Å². The molecule has 2 aliphatic rings. The summed E-state index contributed by atoms with van der Waals surface area (Å²) in [4.78, 5) is 25.3. The first-order valence-electron chi connectivity index (χ1n) is 10.4. The fraction of sp³-hybridized carbons (Fsp3) is 0.364. The predicted molar refractivity (Wildman–Crippen MR) is 127 cm³/mol. The van der Waals surface area contributed by atoms with Crippen LogP contribution < -0.4 is 21.7 Å². The van der Waals surface area contributed by atoms with Crippen molar-refractivity contribution < 1.29 is 28.2 Å².